The number of hydrogen-bond donors (Lipinski definition) is 1. The van der Waals surface area contributed by atoms with Gasteiger partial charge in [0.05, 0.1) is 34.3 Å². The number of thiazole rings is 1. The minimum Gasteiger partial charge on any atom is -0.464 e. The van der Waals surface area contributed by atoms with Crippen LogP contribution in [-0.2, 0) is 21.3 Å². The number of carbonyl (C=O) groups excluding carboxylic acids is 1. The molecule has 4 heterocycles. The highest BCUT2D eigenvalue weighted by atomic mass is 35.5. The average Bonchev–Trinajstić information content (AvgIpc) is 3.56. The Morgan fingerprint density at radius 3 is 2.57 bits per heavy atom. The Balaban J connectivity index is 1.55. The Kier molecular flexibility index (Phi) is 8.36. The standard InChI is InChI=1S/C33H37ClN6O3S/c1-7-42-32(41)28(43-33(3,4)5)25-19(2)16-22-29(26(25)20-8-10-21(34)11-9-20)44-31(38-22)23-17-36-30-27(37-23)24(18-39(30)6)40-14-12-35-13-15-40/h8-11,16-18,28,35H,7,12-15H2,1-6H3/t28-/m0/s1. The molecular weight excluding hydrogens is 596 g/mol. The molecule has 230 valence electrons. The Morgan fingerprint density at radius 1 is 1.16 bits per heavy atom. The lowest BCUT2D eigenvalue weighted by atomic mass is 9.91. The Bertz CT molecular complexity index is 1840. The molecule has 1 fully saturated rings. The summed E-state index contributed by atoms with van der Waals surface area (Å²) in [6, 6.07) is 9.66. The predicted octanol–water partition coefficient (Wildman–Crippen LogP) is 6.70. The first-order valence-corrected chi connectivity index (χ1v) is 16.1. The summed E-state index contributed by atoms with van der Waals surface area (Å²) in [7, 11) is 2.00. The van der Waals surface area contributed by atoms with E-state index in [1.54, 1.807) is 13.1 Å². The summed E-state index contributed by atoms with van der Waals surface area (Å²) in [5, 5.41) is 4.80. The molecule has 0 aliphatic carbocycles. The lowest BCUT2D eigenvalue weighted by Crippen LogP contribution is -2.43. The number of piperazine rings is 1. The van der Waals surface area contributed by atoms with Crippen molar-refractivity contribution in [3.05, 3.63) is 58.9 Å². The highest BCUT2D eigenvalue weighted by Gasteiger charge is 2.33. The van der Waals surface area contributed by atoms with Gasteiger partial charge in [-0.25, -0.2) is 19.7 Å². The highest BCUT2D eigenvalue weighted by molar-refractivity contribution is 7.22. The van der Waals surface area contributed by atoms with Crippen molar-refractivity contribution in [3.63, 3.8) is 0 Å². The number of benzene rings is 2. The van der Waals surface area contributed by atoms with E-state index in [0.717, 1.165) is 80.5 Å². The molecule has 9 nitrogen and oxygen atoms in total. The zero-order valence-electron chi connectivity index (χ0n) is 25.9. The Morgan fingerprint density at radius 2 is 1.89 bits per heavy atom. The highest BCUT2D eigenvalue weighted by Crippen LogP contribution is 2.44. The number of aryl methyl sites for hydroxylation is 2. The fourth-order valence-electron chi connectivity index (χ4n) is 5.72. The van der Waals surface area contributed by atoms with Gasteiger partial charge in [-0.05, 0) is 63.9 Å². The molecule has 1 N–H and O–H groups in total. The monoisotopic (exact) mass is 632 g/mol. The topological polar surface area (TPSA) is 94.4 Å². The first-order valence-electron chi connectivity index (χ1n) is 14.9. The van der Waals surface area contributed by atoms with Crippen molar-refractivity contribution in [3.8, 4) is 21.8 Å². The minimum absolute atomic E-state index is 0.252. The minimum atomic E-state index is -0.933. The van der Waals surface area contributed by atoms with Crippen molar-refractivity contribution in [1.82, 2.24) is 24.8 Å². The van der Waals surface area contributed by atoms with Crippen LogP contribution in [0.4, 0.5) is 5.69 Å². The van der Waals surface area contributed by atoms with Crippen LogP contribution in [0.1, 0.15) is 44.9 Å². The number of ether oxygens (including phenoxy) is 2. The largest absolute Gasteiger partial charge is 0.464 e. The normalized spacial score (nSPS) is 14.8. The van der Waals surface area contributed by atoms with E-state index in [4.69, 9.17) is 36.0 Å². The molecular formula is C33H37ClN6O3S. The summed E-state index contributed by atoms with van der Waals surface area (Å²) in [5.74, 6) is -0.425. The van der Waals surface area contributed by atoms with Gasteiger partial charge in [-0.15, -0.1) is 11.3 Å². The van der Waals surface area contributed by atoms with E-state index >= 15 is 0 Å². The number of nitrogens with one attached hydrogen (secondary N) is 1. The number of carbonyl (C=O) groups is 1. The number of anilines is 1. The quantitative estimate of drug-likeness (QED) is 0.198. The van der Waals surface area contributed by atoms with Crippen LogP contribution in [0.3, 0.4) is 0 Å². The summed E-state index contributed by atoms with van der Waals surface area (Å²) in [6.45, 7) is 13.5. The molecule has 0 bridgehead atoms. The number of halogens is 1. The van der Waals surface area contributed by atoms with E-state index in [0.29, 0.717) is 10.7 Å². The van der Waals surface area contributed by atoms with Crippen LogP contribution in [0.25, 0.3) is 43.2 Å². The van der Waals surface area contributed by atoms with Crippen molar-refractivity contribution in [2.75, 3.05) is 37.7 Å². The van der Waals surface area contributed by atoms with E-state index < -0.39 is 17.7 Å². The van der Waals surface area contributed by atoms with Gasteiger partial charge in [0.1, 0.15) is 16.2 Å². The van der Waals surface area contributed by atoms with Crippen LogP contribution in [0.2, 0.25) is 5.02 Å². The number of hydrogen-bond acceptors (Lipinski definition) is 9. The number of nitrogens with zero attached hydrogens (tertiary/aromatic N) is 5. The maximum absolute atomic E-state index is 13.5. The lowest BCUT2D eigenvalue weighted by molar-refractivity contribution is -0.166. The van der Waals surface area contributed by atoms with Gasteiger partial charge in [0.25, 0.3) is 0 Å². The molecule has 11 heteroatoms. The second kappa shape index (κ2) is 12.1. The molecule has 0 radical (unpaired) electrons. The second-order valence-electron chi connectivity index (χ2n) is 12.0. The van der Waals surface area contributed by atoms with E-state index in [9.17, 15) is 4.79 Å². The third kappa shape index (κ3) is 5.91. The zero-order valence-corrected chi connectivity index (χ0v) is 27.5. The second-order valence-corrected chi connectivity index (χ2v) is 13.4. The van der Waals surface area contributed by atoms with Gasteiger partial charge in [0.2, 0.25) is 0 Å². The predicted molar refractivity (Wildman–Crippen MR) is 178 cm³/mol. The van der Waals surface area contributed by atoms with Gasteiger partial charge in [-0.1, -0.05) is 23.7 Å². The molecule has 0 spiro atoms. The van der Waals surface area contributed by atoms with Crippen molar-refractivity contribution in [2.45, 2.75) is 46.3 Å². The van der Waals surface area contributed by atoms with E-state index in [1.807, 2.05) is 69.6 Å². The van der Waals surface area contributed by atoms with Crippen LogP contribution in [0, 0.1) is 6.92 Å². The lowest BCUT2D eigenvalue weighted by Gasteiger charge is -2.29. The molecule has 1 atom stereocenters. The van der Waals surface area contributed by atoms with Crippen LogP contribution >= 0.6 is 22.9 Å². The van der Waals surface area contributed by atoms with E-state index in [2.05, 4.69) is 16.4 Å². The molecule has 0 saturated carbocycles. The summed E-state index contributed by atoms with van der Waals surface area (Å²) in [4.78, 5) is 30.8. The molecule has 6 rings (SSSR count). The molecule has 2 aromatic carbocycles. The van der Waals surface area contributed by atoms with Crippen LogP contribution in [0.5, 0.6) is 0 Å². The van der Waals surface area contributed by atoms with E-state index in [1.165, 1.54) is 11.3 Å². The van der Waals surface area contributed by atoms with E-state index in [-0.39, 0.29) is 6.61 Å². The third-order valence-corrected chi connectivity index (χ3v) is 8.98. The molecule has 1 aliphatic heterocycles. The van der Waals surface area contributed by atoms with Gasteiger partial charge in [-0.2, -0.15) is 0 Å². The molecule has 5 aromatic rings. The van der Waals surface area contributed by atoms with Crippen LogP contribution in [-0.4, -0.2) is 63.9 Å². The summed E-state index contributed by atoms with van der Waals surface area (Å²) in [6.07, 6.45) is 2.97. The molecule has 1 aliphatic rings. The Labute approximate surface area is 266 Å². The third-order valence-electron chi connectivity index (χ3n) is 7.62. The van der Waals surface area contributed by atoms with Crippen molar-refractivity contribution in [1.29, 1.82) is 0 Å². The molecule has 3 aromatic heterocycles. The smallest absolute Gasteiger partial charge is 0.339 e. The van der Waals surface area contributed by atoms with Crippen LogP contribution in [0.15, 0.2) is 42.7 Å². The molecule has 0 amide bonds. The molecule has 0 unspecified atom stereocenters. The van der Waals surface area contributed by atoms with Crippen molar-refractivity contribution in [2.24, 2.45) is 7.05 Å². The number of fused-ring (bicyclic) bond motifs is 2. The number of aromatic nitrogens is 4. The van der Waals surface area contributed by atoms with Crippen molar-refractivity contribution < 1.29 is 14.3 Å². The summed E-state index contributed by atoms with van der Waals surface area (Å²) < 4.78 is 14.9. The van der Waals surface area contributed by atoms with Gasteiger partial charge in [0, 0.05) is 55.6 Å². The maximum atomic E-state index is 13.5. The Hall–Kier alpha value is -3.57. The van der Waals surface area contributed by atoms with Gasteiger partial charge < -0.3 is 24.3 Å². The fraction of sp³-hybridized carbons (Fsp3) is 0.394. The number of rotatable bonds is 7. The SMILES string of the molecule is CCOC(=O)[C@@H](OC(C)(C)C)c1c(C)cc2nc(-c3cnc4c(n3)c(N3CCNCC3)cn4C)sc2c1-c1ccc(Cl)cc1. The van der Waals surface area contributed by atoms with Crippen molar-refractivity contribution >= 4 is 56.0 Å². The molecule has 1 saturated heterocycles. The molecule has 44 heavy (non-hydrogen) atoms. The maximum Gasteiger partial charge on any atom is 0.339 e. The fourth-order valence-corrected chi connectivity index (χ4v) is 6.92. The summed E-state index contributed by atoms with van der Waals surface area (Å²) in [5.41, 5.74) is 7.11. The van der Waals surface area contributed by atoms with Gasteiger partial charge in [0.15, 0.2) is 11.8 Å². The first-order chi connectivity index (χ1) is 21.0. The summed E-state index contributed by atoms with van der Waals surface area (Å²) >= 11 is 7.83. The average molecular weight is 633 g/mol. The zero-order chi connectivity index (χ0) is 31.2. The van der Waals surface area contributed by atoms with Gasteiger partial charge >= 0.3 is 5.97 Å². The van der Waals surface area contributed by atoms with Crippen LogP contribution < -0.4 is 10.2 Å². The number of esters is 1. The first kappa shape index (κ1) is 30.5. The van der Waals surface area contributed by atoms with Gasteiger partial charge in [-0.3, -0.25) is 0 Å².